The maximum Gasteiger partial charge on any atom is 0.143 e. The zero-order valence-corrected chi connectivity index (χ0v) is 12.6. The number of aliphatic hydroxyl groups excluding tert-OH is 1. The normalized spacial score (nSPS) is 21.1. The Labute approximate surface area is 125 Å². The number of aliphatic hydroxyl groups is 1. The molecule has 0 aromatic heterocycles. The number of nitrogens with zero attached hydrogens (tertiary/aromatic N) is 3. The molecule has 114 valence electrons. The van der Waals surface area contributed by atoms with Gasteiger partial charge in [-0.25, -0.2) is 4.39 Å². The van der Waals surface area contributed by atoms with Gasteiger partial charge in [0.05, 0.1) is 11.8 Å². The van der Waals surface area contributed by atoms with Crippen molar-refractivity contribution < 1.29 is 9.50 Å². The number of piperazine rings is 1. The fourth-order valence-corrected chi connectivity index (χ4v) is 2.97. The van der Waals surface area contributed by atoms with Gasteiger partial charge >= 0.3 is 0 Å². The summed E-state index contributed by atoms with van der Waals surface area (Å²) in [4.78, 5) is 4.35. The van der Waals surface area contributed by atoms with Crippen molar-refractivity contribution in [1.29, 1.82) is 5.26 Å². The minimum atomic E-state index is -0.463. The quantitative estimate of drug-likeness (QED) is 0.921. The molecular formula is C16H22FN3O. The van der Waals surface area contributed by atoms with Gasteiger partial charge in [-0.1, -0.05) is 13.0 Å². The predicted octanol–water partition coefficient (Wildman–Crippen LogP) is 1.98. The highest BCUT2D eigenvalue weighted by Crippen LogP contribution is 2.26. The lowest BCUT2D eigenvalue weighted by atomic mass is 10.1. The van der Waals surface area contributed by atoms with E-state index < -0.39 is 5.82 Å². The van der Waals surface area contributed by atoms with E-state index in [9.17, 15) is 9.50 Å². The van der Waals surface area contributed by atoms with Crippen LogP contribution in [0.5, 0.6) is 0 Å². The maximum absolute atomic E-state index is 13.7. The second-order valence-corrected chi connectivity index (χ2v) is 5.60. The molecule has 2 rings (SSSR count). The molecule has 1 heterocycles. The van der Waals surface area contributed by atoms with Gasteiger partial charge in [0.2, 0.25) is 0 Å². The molecule has 0 spiro atoms. The smallest absolute Gasteiger partial charge is 0.143 e. The summed E-state index contributed by atoms with van der Waals surface area (Å²) in [6, 6.07) is 7.05. The standard InChI is InChI=1S/C16H22FN3O/c1-3-13-11-20(8-7-19(13)10-12(2)21)16-6-4-5-15(17)14(16)9-18/h4-6,12-13,21H,3,7-8,10-11H2,1-2H3/t12-,13-/m0/s1. The summed E-state index contributed by atoms with van der Waals surface area (Å²) in [7, 11) is 0. The van der Waals surface area contributed by atoms with E-state index in [1.54, 1.807) is 19.1 Å². The molecule has 1 aromatic carbocycles. The van der Waals surface area contributed by atoms with Crippen molar-refractivity contribution in [2.75, 3.05) is 31.1 Å². The average molecular weight is 291 g/mol. The Balaban J connectivity index is 2.18. The van der Waals surface area contributed by atoms with Gasteiger partial charge in [0.1, 0.15) is 17.4 Å². The van der Waals surface area contributed by atoms with E-state index >= 15 is 0 Å². The summed E-state index contributed by atoms with van der Waals surface area (Å²) in [5, 5.41) is 18.7. The number of hydrogen-bond acceptors (Lipinski definition) is 4. The Morgan fingerprint density at radius 3 is 2.86 bits per heavy atom. The molecule has 1 aromatic rings. The van der Waals surface area contributed by atoms with Gasteiger partial charge < -0.3 is 10.0 Å². The predicted molar refractivity (Wildman–Crippen MR) is 80.7 cm³/mol. The van der Waals surface area contributed by atoms with Gasteiger partial charge in [0.25, 0.3) is 0 Å². The van der Waals surface area contributed by atoms with E-state index in [-0.39, 0.29) is 11.7 Å². The molecule has 1 fully saturated rings. The van der Waals surface area contributed by atoms with E-state index in [2.05, 4.69) is 16.7 Å². The summed E-state index contributed by atoms with van der Waals surface area (Å²) in [6.07, 6.45) is 0.606. The van der Waals surface area contributed by atoms with E-state index in [0.29, 0.717) is 18.3 Å². The first-order valence-electron chi connectivity index (χ1n) is 7.42. The monoisotopic (exact) mass is 291 g/mol. The second-order valence-electron chi connectivity index (χ2n) is 5.60. The molecule has 0 aliphatic carbocycles. The molecule has 21 heavy (non-hydrogen) atoms. The SMILES string of the molecule is CC[C@H]1CN(c2cccc(F)c2C#N)CCN1C[C@H](C)O. The molecule has 1 N–H and O–H groups in total. The third-order valence-electron chi connectivity index (χ3n) is 4.02. The highest BCUT2D eigenvalue weighted by Gasteiger charge is 2.28. The molecule has 0 unspecified atom stereocenters. The molecule has 0 amide bonds. The van der Waals surface area contributed by atoms with Crippen LogP contribution in [0.25, 0.3) is 0 Å². The van der Waals surface area contributed by atoms with Crippen LogP contribution in [0, 0.1) is 17.1 Å². The van der Waals surface area contributed by atoms with Crippen molar-refractivity contribution in [3.63, 3.8) is 0 Å². The third kappa shape index (κ3) is 3.52. The first-order chi connectivity index (χ1) is 10.1. The number of rotatable bonds is 4. The van der Waals surface area contributed by atoms with Crippen LogP contribution >= 0.6 is 0 Å². The van der Waals surface area contributed by atoms with Crippen LogP contribution in [0.3, 0.4) is 0 Å². The molecular weight excluding hydrogens is 269 g/mol. The lowest BCUT2D eigenvalue weighted by Gasteiger charge is -2.43. The largest absolute Gasteiger partial charge is 0.392 e. The van der Waals surface area contributed by atoms with Gasteiger partial charge in [-0.15, -0.1) is 0 Å². The Hall–Kier alpha value is -1.64. The molecule has 1 aliphatic rings. The van der Waals surface area contributed by atoms with Crippen molar-refractivity contribution in [2.24, 2.45) is 0 Å². The van der Waals surface area contributed by atoms with Gasteiger partial charge in [0, 0.05) is 32.2 Å². The van der Waals surface area contributed by atoms with Crippen molar-refractivity contribution in [1.82, 2.24) is 4.90 Å². The van der Waals surface area contributed by atoms with E-state index in [1.165, 1.54) is 6.07 Å². The van der Waals surface area contributed by atoms with Gasteiger partial charge in [-0.3, -0.25) is 4.90 Å². The van der Waals surface area contributed by atoms with E-state index in [1.807, 2.05) is 6.07 Å². The number of halogens is 1. The van der Waals surface area contributed by atoms with Crippen LogP contribution in [0.4, 0.5) is 10.1 Å². The summed E-state index contributed by atoms with van der Waals surface area (Å²) in [6.45, 7) is 6.85. The number of anilines is 1. The Morgan fingerprint density at radius 1 is 1.48 bits per heavy atom. The van der Waals surface area contributed by atoms with Crippen molar-refractivity contribution in [2.45, 2.75) is 32.4 Å². The van der Waals surface area contributed by atoms with Crippen LogP contribution in [-0.4, -0.2) is 48.3 Å². The summed E-state index contributed by atoms with van der Waals surface area (Å²) < 4.78 is 13.7. The Morgan fingerprint density at radius 2 is 2.24 bits per heavy atom. The maximum atomic E-state index is 13.7. The van der Waals surface area contributed by atoms with Gasteiger partial charge in [-0.05, 0) is 25.5 Å². The molecule has 5 heteroatoms. The lowest BCUT2D eigenvalue weighted by Crippen LogP contribution is -2.54. The van der Waals surface area contributed by atoms with Crippen LogP contribution in [-0.2, 0) is 0 Å². The number of nitriles is 1. The summed E-state index contributed by atoms with van der Waals surface area (Å²) in [5.41, 5.74) is 0.795. The number of benzene rings is 1. The molecule has 1 saturated heterocycles. The van der Waals surface area contributed by atoms with Crippen molar-refractivity contribution >= 4 is 5.69 Å². The fraction of sp³-hybridized carbons (Fsp3) is 0.562. The molecule has 0 radical (unpaired) electrons. The van der Waals surface area contributed by atoms with Crippen LogP contribution in [0.15, 0.2) is 18.2 Å². The first-order valence-corrected chi connectivity index (χ1v) is 7.42. The second kappa shape index (κ2) is 6.88. The Bertz CT molecular complexity index is 527. The fourth-order valence-electron chi connectivity index (χ4n) is 2.97. The van der Waals surface area contributed by atoms with Gasteiger partial charge in [0.15, 0.2) is 0 Å². The Kier molecular flexibility index (Phi) is 5.16. The zero-order valence-electron chi connectivity index (χ0n) is 12.6. The summed E-state index contributed by atoms with van der Waals surface area (Å²) >= 11 is 0. The topological polar surface area (TPSA) is 50.5 Å². The highest BCUT2D eigenvalue weighted by atomic mass is 19.1. The molecule has 1 aliphatic heterocycles. The summed E-state index contributed by atoms with van der Waals surface area (Å²) in [5.74, 6) is -0.463. The van der Waals surface area contributed by atoms with Crippen LogP contribution in [0.1, 0.15) is 25.8 Å². The molecule has 4 nitrogen and oxygen atoms in total. The lowest BCUT2D eigenvalue weighted by molar-refractivity contribution is 0.0885. The van der Waals surface area contributed by atoms with E-state index in [4.69, 9.17) is 5.26 Å². The zero-order chi connectivity index (χ0) is 15.4. The first kappa shape index (κ1) is 15.7. The highest BCUT2D eigenvalue weighted by molar-refractivity contribution is 5.60. The van der Waals surface area contributed by atoms with Crippen LogP contribution < -0.4 is 4.90 Å². The minimum Gasteiger partial charge on any atom is -0.392 e. The number of β-amino-alcohol motifs (C(OH)–C–C–N with tert-alkyl or cyclic N) is 1. The van der Waals surface area contributed by atoms with Gasteiger partial charge in [-0.2, -0.15) is 5.26 Å². The average Bonchev–Trinajstić information content (AvgIpc) is 2.47. The van der Waals surface area contributed by atoms with Crippen LogP contribution in [0.2, 0.25) is 0 Å². The van der Waals surface area contributed by atoms with E-state index in [0.717, 1.165) is 26.1 Å². The van der Waals surface area contributed by atoms with Crippen molar-refractivity contribution in [3.8, 4) is 6.07 Å². The third-order valence-corrected chi connectivity index (χ3v) is 4.02. The molecule has 0 saturated carbocycles. The molecule has 0 bridgehead atoms. The minimum absolute atomic E-state index is 0.122. The number of hydrogen-bond donors (Lipinski definition) is 1. The van der Waals surface area contributed by atoms with Crippen molar-refractivity contribution in [3.05, 3.63) is 29.6 Å². The molecule has 2 atom stereocenters.